The van der Waals surface area contributed by atoms with E-state index < -0.39 is 38.6 Å². The minimum Gasteiger partial charge on any atom is -0.456 e. The Morgan fingerprint density at radius 3 is 2.73 bits per heavy atom. The van der Waals surface area contributed by atoms with E-state index in [1.165, 1.54) is 76.7 Å². The molecule has 40 heavy (non-hydrogen) atoms. The minimum absolute atomic E-state index is 0.0254. The van der Waals surface area contributed by atoms with E-state index in [1.54, 1.807) is 16.7 Å². The molecular weight excluding hydrogens is 631 g/mol. The van der Waals surface area contributed by atoms with Gasteiger partial charge in [0.2, 0.25) is 0 Å². The molecule has 15 heteroatoms. The van der Waals surface area contributed by atoms with E-state index in [9.17, 15) is 28.9 Å². The van der Waals surface area contributed by atoms with Crippen molar-refractivity contribution < 1.29 is 33.2 Å². The van der Waals surface area contributed by atoms with Crippen LogP contribution in [0.1, 0.15) is 24.3 Å². The molecule has 1 saturated heterocycles. The van der Waals surface area contributed by atoms with Crippen LogP contribution in [0.5, 0.6) is 0 Å². The van der Waals surface area contributed by atoms with Crippen LogP contribution in [0.3, 0.4) is 0 Å². The lowest BCUT2D eigenvalue weighted by Crippen LogP contribution is -2.70. The number of nitro groups is 1. The van der Waals surface area contributed by atoms with Gasteiger partial charge >= 0.3 is 11.9 Å². The topological polar surface area (TPSA) is 133 Å². The highest BCUT2D eigenvalue weighted by atomic mass is 79.9. The van der Waals surface area contributed by atoms with Crippen molar-refractivity contribution >= 4 is 77.7 Å². The first kappa shape index (κ1) is 26.4. The highest BCUT2D eigenvalue weighted by molar-refractivity contribution is 9.10. The average molecular weight is 647 g/mol. The lowest BCUT2D eigenvalue weighted by molar-refractivity contribution is -0.384. The Labute approximate surface area is 240 Å². The summed E-state index contributed by atoms with van der Waals surface area (Å²) in [4.78, 5) is 55.2. The fraction of sp³-hybridized carbons (Fsp3) is 0.200. The first-order chi connectivity index (χ1) is 19.1. The number of alkyl halides is 1. The van der Waals surface area contributed by atoms with E-state index in [0.717, 1.165) is 0 Å². The van der Waals surface area contributed by atoms with Crippen molar-refractivity contribution in [2.45, 2.75) is 29.3 Å². The number of aromatic nitrogens is 2. The number of β-lactam (4-membered cyclic amide) rings is 1. The van der Waals surface area contributed by atoms with E-state index in [0.29, 0.717) is 26.4 Å². The number of rotatable bonds is 7. The third kappa shape index (κ3) is 4.15. The molecule has 2 aliphatic rings. The van der Waals surface area contributed by atoms with Gasteiger partial charge in [-0.05, 0) is 35.9 Å². The van der Waals surface area contributed by atoms with Crippen LogP contribution in [0, 0.1) is 15.9 Å². The number of hydrogen-bond donors (Lipinski definition) is 0. The minimum atomic E-state index is -1.42. The molecule has 2 aromatic carbocycles. The molecule has 0 N–H and O–H groups in total. The number of carbonyl (C=O) groups is 3. The molecule has 0 spiro atoms. The first-order valence-electron chi connectivity index (χ1n) is 11.6. The maximum atomic E-state index is 13.7. The second-order valence-corrected chi connectivity index (χ2v) is 12.2. The van der Waals surface area contributed by atoms with Crippen LogP contribution >= 0.6 is 39.0 Å². The van der Waals surface area contributed by atoms with Crippen LogP contribution in [0.2, 0.25) is 0 Å². The summed E-state index contributed by atoms with van der Waals surface area (Å²) in [6, 6.07) is 9.91. The lowest BCUT2D eigenvalue weighted by Gasteiger charge is -2.51. The molecule has 0 bridgehead atoms. The molecule has 1 fully saturated rings. The summed E-state index contributed by atoms with van der Waals surface area (Å²) in [5.74, 6) is -2.27. The number of ether oxygens (including phenoxy) is 2. The summed E-state index contributed by atoms with van der Waals surface area (Å²) in [6.07, 6.45) is 0.517. The lowest BCUT2D eigenvalue weighted by atomic mass is 9.89. The number of thiazole rings is 1. The predicted molar refractivity (Wildman–Crippen MR) is 146 cm³/mol. The third-order valence-corrected chi connectivity index (χ3v) is 10.2. The quantitative estimate of drug-likeness (QED) is 0.0909. The number of carbonyl (C=O) groups excluding carboxylic acids is 3. The van der Waals surface area contributed by atoms with Gasteiger partial charge in [-0.1, -0.05) is 27.3 Å². The fourth-order valence-electron chi connectivity index (χ4n) is 4.57. The van der Waals surface area contributed by atoms with Crippen molar-refractivity contribution in [1.29, 1.82) is 0 Å². The van der Waals surface area contributed by atoms with Gasteiger partial charge in [0.1, 0.15) is 29.2 Å². The maximum absolute atomic E-state index is 13.7. The fourth-order valence-corrected chi connectivity index (χ4v) is 7.88. The number of esters is 2. The number of halogens is 2. The summed E-state index contributed by atoms with van der Waals surface area (Å²) in [5, 5.41) is 11.7. The van der Waals surface area contributed by atoms with Crippen LogP contribution in [-0.2, 0) is 30.5 Å². The number of imidazole rings is 1. The normalized spacial score (nSPS) is 20.7. The molecule has 4 aromatic rings. The molecule has 204 valence electrons. The molecule has 1 amide bonds. The molecule has 2 aromatic heterocycles. The summed E-state index contributed by atoms with van der Waals surface area (Å²) in [7, 11) is 0. The summed E-state index contributed by atoms with van der Waals surface area (Å²) in [6.45, 7) is 1.08. The maximum Gasteiger partial charge on any atom is 0.355 e. The second kappa shape index (κ2) is 9.67. The Hall–Kier alpha value is -3.82. The van der Waals surface area contributed by atoms with Gasteiger partial charge in [-0.3, -0.25) is 29.0 Å². The van der Waals surface area contributed by atoms with Gasteiger partial charge in [0, 0.05) is 30.7 Å². The zero-order valence-electron chi connectivity index (χ0n) is 20.3. The van der Waals surface area contributed by atoms with Crippen molar-refractivity contribution in [2.75, 3.05) is 0 Å². The Morgan fingerprint density at radius 1 is 1.27 bits per heavy atom. The zero-order chi connectivity index (χ0) is 28.3. The summed E-state index contributed by atoms with van der Waals surface area (Å²) < 4.78 is 25.6. The molecule has 0 radical (unpaired) electrons. The van der Waals surface area contributed by atoms with E-state index in [2.05, 4.69) is 20.9 Å². The summed E-state index contributed by atoms with van der Waals surface area (Å²) in [5.41, 5.74) is 1.50. The van der Waals surface area contributed by atoms with Crippen molar-refractivity contribution in [3.63, 3.8) is 0 Å². The number of thioether (sulfide) groups is 1. The molecule has 1 unspecified atom stereocenters. The summed E-state index contributed by atoms with van der Waals surface area (Å²) >= 11 is 5.96. The van der Waals surface area contributed by atoms with Crippen LogP contribution in [0.25, 0.3) is 15.2 Å². The van der Waals surface area contributed by atoms with Gasteiger partial charge in [-0.15, -0.1) is 11.8 Å². The van der Waals surface area contributed by atoms with Gasteiger partial charge in [-0.25, -0.2) is 14.2 Å². The van der Waals surface area contributed by atoms with E-state index in [-0.39, 0.29) is 23.8 Å². The molecule has 0 saturated carbocycles. The van der Waals surface area contributed by atoms with Crippen LogP contribution in [0.4, 0.5) is 10.1 Å². The third-order valence-electron chi connectivity index (χ3n) is 6.44. The predicted octanol–water partition coefficient (Wildman–Crippen LogP) is 4.83. The van der Waals surface area contributed by atoms with Crippen molar-refractivity contribution in [2.24, 2.45) is 0 Å². The number of nitro benzene ring substituents is 1. The smallest absolute Gasteiger partial charge is 0.355 e. The van der Waals surface area contributed by atoms with Gasteiger partial charge in [0.05, 0.1) is 15.1 Å². The largest absolute Gasteiger partial charge is 0.456 e. The number of amides is 1. The Bertz CT molecular complexity index is 1770. The van der Waals surface area contributed by atoms with Crippen LogP contribution in [-0.4, -0.2) is 46.8 Å². The van der Waals surface area contributed by atoms with E-state index in [4.69, 9.17) is 9.47 Å². The molecule has 3 atom stereocenters. The first-order valence-corrected chi connectivity index (χ1v) is 14.2. The average Bonchev–Trinajstić information content (AvgIpc) is 3.61. The number of fused-ring (bicyclic) bond motifs is 4. The number of nitrogens with zero attached hydrogens (tertiary/aromatic N) is 4. The highest BCUT2D eigenvalue weighted by Gasteiger charge is 2.69. The molecule has 4 heterocycles. The Morgan fingerprint density at radius 2 is 2.02 bits per heavy atom. The van der Waals surface area contributed by atoms with Gasteiger partial charge in [-0.2, -0.15) is 0 Å². The highest BCUT2D eigenvalue weighted by Crippen LogP contribution is 2.58. The Kier molecular flexibility index (Phi) is 6.39. The standard InChI is InChI=1S/C25H16BrFN4O7S2/c1-12(32)38-20(16-9-29-17-7-4-14(27)8-19(17)40-24(29)28-16)25(26)22(34)30-18(11-39-23(25)30)21(33)37-10-13-2-5-15(6-3-13)31(35)36/h2-9,11,20,23H,10H2,1H3/t20?,23-,25+/m1/s1. The monoisotopic (exact) mass is 646 g/mol. The SMILES string of the molecule is CC(=O)OC(c1cn2c(n1)sc1cc(F)ccc12)[C@]1(Br)C(=O)N2C(C(=O)OCc3ccc([N+](=O)[O-])cc3)=CS[C@@H]21. The van der Waals surface area contributed by atoms with Crippen molar-refractivity contribution in [1.82, 2.24) is 14.3 Å². The van der Waals surface area contributed by atoms with Crippen molar-refractivity contribution in [3.05, 3.63) is 87.0 Å². The molecule has 2 aliphatic heterocycles. The van der Waals surface area contributed by atoms with Crippen LogP contribution < -0.4 is 0 Å². The van der Waals surface area contributed by atoms with Gasteiger partial charge in [0.15, 0.2) is 15.4 Å². The molecule has 11 nitrogen and oxygen atoms in total. The molecule has 6 rings (SSSR count). The van der Waals surface area contributed by atoms with Gasteiger partial charge in [0.25, 0.3) is 11.6 Å². The van der Waals surface area contributed by atoms with E-state index >= 15 is 0 Å². The van der Waals surface area contributed by atoms with Gasteiger partial charge < -0.3 is 9.47 Å². The number of benzene rings is 2. The van der Waals surface area contributed by atoms with E-state index in [1.807, 2.05) is 0 Å². The number of hydrogen-bond acceptors (Lipinski definition) is 10. The van der Waals surface area contributed by atoms with Crippen molar-refractivity contribution in [3.8, 4) is 0 Å². The second-order valence-electron chi connectivity index (χ2n) is 8.96. The molecular formula is C25H16BrFN4O7S2. The molecule has 0 aliphatic carbocycles. The van der Waals surface area contributed by atoms with Crippen LogP contribution in [0.15, 0.2) is 59.8 Å². The Balaban J connectivity index is 1.22. The number of non-ortho nitro benzene ring substituents is 1. The zero-order valence-corrected chi connectivity index (χ0v) is 23.5.